The lowest BCUT2D eigenvalue weighted by Crippen LogP contribution is -2.42. The van der Waals surface area contributed by atoms with Crippen LogP contribution in [-0.4, -0.2) is 30.2 Å². The van der Waals surface area contributed by atoms with Crippen LogP contribution in [0.3, 0.4) is 0 Å². The van der Waals surface area contributed by atoms with Crippen LogP contribution in [0.25, 0.3) is 11.0 Å². The third kappa shape index (κ3) is 3.87. The molecule has 0 saturated carbocycles. The molecule has 9 nitrogen and oxygen atoms in total. The Labute approximate surface area is 172 Å². The van der Waals surface area contributed by atoms with Crippen LogP contribution in [0.4, 0.5) is 9.52 Å². The summed E-state index contributed by atoms with van der Waals surface area (Å²) in [6.45, 7) is 1.33. The van der Waals surface area contributed by atoms with Gasteiger partial charge in [0.15, 0.2) is 5.52 Å². The lowest BCUT2D eigenvalue weighted by molar-refractivity contribution is -0.116. The highest BCUT2D eigenvalue weighted by Gasteiger charge is 2.17. The molecule has 0 saturated heterocycles. The zero-order valence-electron chi connectivity index (χ0n) is 15.7. The zero-order valence-corrected chi connectivity index (χ0v) is 16.5. The fraction of sp³-hybridized carbons (Fsp3) is 0.158. The molecular formula is C19H15FN6O3S. The highest BCUT2D eigenvalue weighted by molar-refractivity contribution is 7.15. The first-order chi connectivity index (χ1) is 14.4. The van der Waals surface area contributed by atoms with Crippen molar-refractivity contribution in [2.24, 2.45) is 0 Å². The van der Waals surface area contributed by atoms with Crippen LogP contribution in [0.1, 0.15) is 10.6 Å². The largest absolute Gasteiger partial charge is 0.332 e. The maximum absolute atomic E-state index is 13.2. The number of carbonyl (C=O) groups is 1. The van der Waals surface area contributed by atoms with Gasteiger partial charge in [-0.3, -0.25) is 24.0 Å². The van der Waals surface area contributed by atoms with Crippen LogP contribution in [0.2, 0.25) is 0 Å². The molecule has 3 aromatic heterocycles. The second kappa shape index (κ2) is 7.95. The molecule has 0 unspecified atom stereocenters. The molecule has 0 atom stereocenters. The number of pyridine rings is 1. The van der Waals surface area contributed by atoms with E-state index in [1.807, 2.05) is 0 Å². The van der Waals surface area contributed by atoms with Gasteiger partial charge in [0.05, 0.1) is 12.1 Å². The Balaban J connectivity index is 1.76. The smallest absolute Gasteiger partial charge is 0.299 e. The lowest BCUT2D eigenvalue weighted by Gasteiger charge is -2.13. The first kappa shape index (κ1) is 19.6. The van der Waals surface area contributed by atoms with Gasteiger partial charge in [-0.25, -0.2) is 14.2 Å². The molecule has 1 aromatic carbocycles. The van der Waals surface area contributed by atoms with Crippen molar-refractivity contribution in [1.82, 2.24) is 24.3 Å². The maximum Gasteiger partial charge on any atom is 0.332 e. The summed E-state index contributed by atoms with van der Waals surface area (Å²) in [7, 11) is 0. The van der Waals surface area contributed by atoms with Gasteiger partial charge in [-0.15, -0.1) is 10.2 Å². The molecule has 0 fully saturated rings. The molecule has 0 spiro atoms. The molecule has 0 radical (unpaired) electrons. The van der Waals surface area contributed by atoms with Gasteiger partial charge in [-0.05, 0) is 36.8 Å². The Morgan fingerprint density at radius 3 is 2.60 bits per heavy atom. The molecular weight excluding hydrogens is 411 g/mol. The quantitative estimate of drug-likeness (QED) is 0.518. The molecule has 0 bridgehead atoms. The van der Waals surface area contributed by atoms with Gasteiger partial charge >= 0.3 is 5.69 Å². The normalized spacial score (nSPS) is 11.0. The van der Waals surface area contributed by atoms with Gasteiger partial charge in [0.25, 0.3) is 5.56 Å². The van der Waals surface area contributed by atoms with E-state index in [0.29, 0.717) is 15.7 Å². The molecule has 1 amide bonds. The molecule has 0 aliphatic rings. The van der Waals surface area contributed by atoms with Crippen LogP contribution >= 0.6 is 11.3 Å². The minimum absolute atomic E-state index is 0.0544. The molecule has 0 aliphatic carbocycles. The van der Waals surface area contributed by atoms with Gasteiger partial charge in [-0.2, -0.15) is 0 Å². The van der Waals surface area contributed by atoms with Crippen molar-refractivity contribution in [3.8, 4) is 0 Å². The first-order valence-electron chi connectivity index (χ1n) is 8.85. The van der Waals surface area contributed by atoms with Gasteiger partial charge in [-0.1, -0.05) is 23.5 Å². The summed E-state index contributed by atoms with van der Waals surface area (Å²) in [4.78, 5) is 42.5. The number of carbonyl (C=O) groups excluding carboxylic acids is 1. The van der Waals surface area contributed by atoms with Gasteiger partial charge in [0.2, 0.25) is 11.0 Å². The van der Waals surface area contributed by atoms with E-state index in [4.69, 9.17) is 0 Å². The van der Waals surface area contributed by atoms with Crippen molar-refractivity contribution in [1.29, 1.82) is 0 Å². The number of aromatic nitrogens is 5. The second-order valence-corrected chi connectivity index (χ2v) is 7.61. The molecule has 11 heteroatoms. The summed E-state index contributed by atoms with van der Waals surface area (Å²) >= 11 is 1.20. The summed E-state index contributed by atoms with van der Waals surface area (Å²) in [5.74, 6) is -0.919. The van der Waals surface area contributed by atoms with E-state index in [2.05, 4.69) is 20.5 Å². The highest BCUT2D eigenvalue weighted by Crippen LogP contribution is 2.14. The van der Waals surface area contributed by atoms with Crippen molar-refractivity contribution >= 4 is 33.4 Å². The van der Waals surface area contributed by atoms with Crippen molar-refractivity contribution in [3.05, 3.63) is 79.8 Å². The SMILES string of the molecule is Cc1nnc(NC(=O)Cn2c(=O)n(Cc3ccc(F)cc3)c(=O)c3ncccc32)s1. The summed E-state index contributed by atoms with van der Waals surface area (Å²) < 4.78 is 15.3. The number of hydrogen-bond donors (Lipinski definition) is 1. The maximum atomic E-state index is 13.2. The van der Waals surface area contributed by atoms with E-state index < -0.39 is 23.0 Å². The van der Waals surface area contributed by atoms with E-state index in [0.717, 1.165) is 4.57 Å². The molecule has 152 valence electrons. The fourth-order valence-electron chi connectivity index (χ4n) is 2.96. The Kier molecular flexibility index (Phi) is 5.19. The summed E-state index contributed by atoms with van der Waals surface area (Å²) in [6.07, 6.45) is 1.44. The topological polar surface area (TPSA) is 112 Å². The number of rotatable bonds is 5. The number of hydrogen-bond acceptors (Lipinski definition) is 7. The number of nitrogens with zero attached hydrogens (tertiary/aromatic N) is 5. The predicted octanol–water partition coefficient (Wildman–Crippen LogP) is 1.54. The van der Waals surface area contributed by atoms with Crippen molar-refractivity contribution < 1.29 is 9.18 Å². The fourth-order valence-corrected chi connectivity index (χ4v) is 3.56. The van der Waals surface area contributed by atoms with E-state index in [-0.39, 0.29) is 24.1 Å². The van der Waals surface area contributed by atoms with Gasteiger partial charge < -0.3 is 0 Å². The van der Waals surface area contributed by atoms with Crippen LogP contribution in [0.15, 0.2) is 52.2 Å². The van der Waals surface area contributed by atoms with Crippen molar-refractivity contribution in [3.63, 3.8) is 0 Å². The Morgan fingerprint density at radius 2 is 1.90 bits per heavy atom. The number of aryl methyl sites for hydroxylation is 1. The molecule has 0 aliphatic heterocycles. The van der Waals surface area contributed by atoms with Crippen LogP contribution in [0, 0.1) is 12.7 Å². The molecule has 4 rings (SSSR count). The number of nitrogens with one attached hydrogen (secondary N) is 1. The number of anilines is 1. The molecule has 3 heterocycles. The average Bonchev–Trinajstić information content (AvgIpc) is 3.14. The number of benzene rings is 1. The Hall–Kier alpha value is -3.73. The van der Waals surface area contributed by atoms with Crippen molar-refractivity contribution in [2.75, 3.05) is 5.32 Å². The summed E-state index contributed by atoms with van der Waals surface area (Å²) in [5, 5.41) is 11.2. The molecule has 1 N–H and O–H groups in total. The zero-order chi connectivity index (χ0) is 21.3. The molecule has 30 heavy (non-hydrogen) atoms. The van der Waals surface area contributed by atoms with Crippen LogP contribution < -0.4 is 16.6 Å². The number of halogens is 1. The van der Waals surface area contributed by atoms with Gasteiger partial charge in [0, 0.05) is 6.20 Å². The van der Waals surface area contributed by atoms with E-state index in [1.54, 1.807) is 19.1 Å². The van der Waals surface area contributed by atoms with E-state index >= 15 is 0 Å². The van der Waals surface area contributed by atoms with Crippen LogP contribution in [-0.2, 0) is 17.9 Å². The summed E-state index contributed by atoms with van der Waals surface area (Å²) in [5.41, 5.74) is -0.402. The summed E-state index contributed by atoms with van der Waals surface area (Å²) in [6, 6.07) is 8.59. The number of amides is 1. The first-order valence-corrected chi connectivity index (χ1v) is 9.67. The average molecular weight is 426 g/mol. The number of fused-ring (bicyclic) bond motifs is 1. The lowest BCUT2D eigenvalue weighted by atomic mass is 10.2. The van der Waals surface area contributed by atoms with E-state index in [1.165, 1.54) is 46.4 Å². The minimum atomic E-state index is -0.673. The minimum Gasteiger partial charge on any atom is -0.299 e. The van der Waals surface area contributed by atoms with Crippen LogP contribution in [0.5, 0.6) is 0 Å². The third-order valence-electron chi connectivity index (χ3n) is 4.31. The van der Waals surface area contributed by atoms with E-state index in [9.17, 15) is 18.8 Å². The standard InChI is InChI=1S/C19H15FN6O3S/c1-11-23-24-18(30-11)22-15(27)10-25-14-3-2-8-21-16(14)17(28)26(19(25)29)9-12-4-6-13(20)7-5-12/h2-8H,9-10H2,1H3,(H,22,24,27). The van der Waals surface area contributed by atoms with Gasteiger partial charge in [0.1, 0.15) is 17.4 Å². The Bertz CT molecular complexity index is 1360. The monoisotopic (exact) mass is 426 g/mol. The third-order valence-corrected chi connectivity index (χ3v) is 5.07. The molecule has 4 aromatic rings. The second-order valence-electron chi connectivity index (χ2n) is 6.43. The predicted molar refractivity (Wildman–Crippen MR) is 109 cm³/mol. The Morgan fingerprint density at radius 1 is 1.13 bits per heavy atom. The van der Waals surface area contributed by atoms with Crippen molar-refractivity contribution in [2.45, 2.75) is 20.0 Å². The highest BCUT2D eigenvalue weighted by atomic mass is 32.1.